The number of hydrogen-bond donors (Lipinski definition) is 3. The molecule has 34 heavy (non-hydrogen) atoms. The van der Waals surface area contributed by atoms with Crippen LogP contribution in [0.5, 0.6) is 0 Å². The van der Waals surface area contributed by atoms with Crippen LogP contribution in [0.1, 0.15) is 38.5 Å². The molecule has 5 aromatic rings. The van der Waals surface area contributed by atoms with Crippen molar-refractivity contribution in [3.8, 4) is 22.5 Å². The van der Waals surface area contributed by atoms with Gasteiger partial charge in [-0.25, -0.2) is 0 Å². The number of carbonyl (C=O) groups excluding carboxylic acids is 1. The number of H-pyrrole nitrogens is 2. The van der Waals surface area contributed by atoms with Crippen LogP contribution in [-0.2, 0) is 4.79 Å². The van der Waals surface area contributed by atoms with E-state index in [0.29, 0.717) is 12.3 Å². The quantitative estimate of drug-likeness (QED) is 0.302. The SMILES string of the molecule is O=C(CC1CCCCC1)Nc1cncc(-c2ccc3[nH]nc(-c4cc5ccncc5[nH]4)c3c2)c1. The Hall–Kier alpha value is -4.00. The maximum atomic E-state index is 12.6. The molecule has 7 nitrogen and oxygen atoms in total. The second-order valence-corrected chi connectivity index (χ2v) is 9.20. The third kappa shape index (κ3) is 4.05. The number of pyridine rings is 2. The van der Waals surface area contributed by atoms with Crippen molar-refractivity contribution in [2.75, 3.05) is 5.32 Å². The Labute approximate surface area is 197 Å². The Bertz CT molecular complexity index is 1440. The third-order valence-corrected chi connectivity index (χ3v) is 6.80. The normalized spacial score (nSPS) is 14.6. The summed E-state index contributed by atoms with van der Waals surface area (Å²) in [6, 6.07) is 12.2. The predicted octanol–water partition coefficient (Wildman–Crippen LogP) is 6.08. The van der Waals surface area contributed by atoms with Gasteiger partial charge in [0, 0.05) is 35.2 Å². The highest BCUT2D eigenvalue weighted by Gasteiger charge is 2.17. The Balaban J connectivity index is 1.27. The summed E-state index contributed by atoms with van der Waals surface area (Å²) in [5, 5.41) is 12.9. The fourth-order valence-corrected chi connectivity index (χ4v) is 5.03. The zero-order chi connectivity index (χ0) is 22.9. The van der Waals surface area contributed by atoms with Crippen LogP contribution in [-0.4, -0.2) is 31.1 Å². The van der Waals surface area contributed by atoms with Crippen molar-refractivity contribution in [1.82, 2.24) is 25.1 Å². The van der Waals surface area contributed by atoms with Gasteiger partial charge < -0.3 is 10.3 Å². The molecule has 0 atom stereocenters. The average molecular weight is 451 g/mol. The van der Waals surface area contributed by atoms with Crippen LogP contribution < -0.4 is 5.32 Å². The molecule has 0 bridgehead atoms. The van der Waals surface area contributed by atoms with Crippen LogP contribution in [0.4, 0.5) is 5.69 Å². The molecule has 4 heterocycles. The molecule has 1 amide bonds. The first-order chi connectivity index (χ1) is 16.7. The summed E-state index contributed by atoms with van der Waals surface area (Å²) in [5.74, 6) is 0.582. The summed E-state index contributed by atoms with van der Waals surface area (Å²) < 4.78 is 0. The minimum absolute atomic E-state index is 0.0757. The molecule has 170 valence electrons. The third-order valence-electron chi connectivity index (χ3n) is 6.80. The maximum absolute atomic E-state index is 12.6. The first-order valence-corrected chi connectivity index (χ1v) is 11.9. The Morgan fingerprint density at radius 2 is 1.85 bits per heavy atom. The number of anilines is 1. The second kappa shape index (κ2) is 8.74. The molecule has 0 saturated heterocycles. The van der Waals surface area contributed by atoms with Crippen LogP contribution >= 0.6 is 0 Å². The lowest BCUT2D eigenvalue weighted by molar-refractivity contribution is -0.117. The number of aromatic amines is 2. The van der Waals surface area contributed by atoms with Crippen LogP contribution in [0.15, 0.2) is 61.2 Å². The largest absolute Gasteiger partial charge is 0.352 e. The summed E-state index contributed by atoms with van der Waals surface area (Å²) in [4.78, 5) is 24.6. The van der Waals surface area contributed by atoms with Crippen molar-refractivity contribution >= 4 is 33.4 Å². The van der Waals surface area contributed by atoms with Crippen LogP contribution in [0.2, 0.25) is 0 Å². The first kappa shape index (κ1) is 20.6. The van der Waals surface area contributed by atoms with Crippen LogP contribution in [0, 0.1) is 5.92 Å². The van der Waals surface area contributed by atoms with Gasteiger partial charge in [-0.3, -0.25) is 19.9 Å². The van der Waals surface area contributed by atoms with Crippen molar-refractivity contribution in [1.29, 1.82) is 0 Å². The highest BCUT2D eigenvalue weighted by Crippen LogP contribution is 2.32. The van der Waals surface area contributed by atoms with Gasteiger partial charge in [0.15, 0.2) is 0 Å². The molecule has 0 spiro atoms. The molecule has 1 aromatic carbocycles. The number of hydrogen-bond acceptors (Lipinski definition) is 4. The summed E-state index contributed by atoms with van der Waals surface area (Å²) >= 11 is 0. The zero-order valence-electron chi connectivity index (χ0n) is 18.8. The number of benzene rings is 1. The van der Waals surface area contributed by atoms with Gasteiger partial charge in [0.25, 0.3) is 0 Å². The predicted molar refractivity (Wildman–Crippen MR) is 134 cm³/mol. The van der Waals surface area contributed by atoms with E-state index in [4.69, 9.17) is 0 Å². The highest BCUT2D eigenvalue weighted by molar-refractivity contribution is 5.98. The molecule has 7 heteroatoms. The number of rotatable bonds is 5. The maximum Gasteiger partial charge on any atom is 0.224 e. The lowest BCUT2D eigenvalue weighted by Crippen LogP contribution is -2.18. The monoisotopic (exact) mass is 450 g/mol. The molecular formula is C27H26N6O. The molecule has 1 saturated carbocycles. The van der Waals surface area contributed by atoms with Crippen LogP contribution in [0.3, 0.4) is 0 Å². The molecule has 1 fully saturated rings. The molecule has 6 rings (SSSR count). The van der Waals surface area contributed by atoms with E-state index in [0.717, 1.165) is 62.8 Å². The Morgan fingerprint density at radius 3 is 2.74 bits per heavy atom. The summed E-state index contributed by atoms with van der Waals surface area (Å²) in [5.41, 5.74) is 6.43. The molecule has 1 aliphatic rings. The van der Waals surface area contributed by atoms with E-state index in [1.807, 2.05) is 36.7 Å². The van der Waals surface area contributed by atoms with Crippen molar-refractivity contribution in [3.63, 3.8) is 0 Å². The fraction of sp³-hybridized carbons (Fsp3) is 0.259. The minimum Gasteiger partial charge on any atom is -0.352 e. The first-order valence-electron chi connectivity index (χ1n) is 11.9. The lowest BCUT2D eigenvalue weighted by Gasteiger charge is -2.20. The van der Waals surface area contributed by atoms with E-state index in [2.05, 4.69) is 42.6 Å². The van der Waals surface area contributed by atoms with Crippen molar-refractivity contribution in [3.05, 3.63) is 61.2 Å². The van der Waals surface area contributed by atoms with Crippen molar-refractivity contribution in [2.45, 2.75) is 38.5 Å². The van der Waals surface area contributed by atoms with Gasteiger partial charge >= 0.3 is 0 Å². The number of fused-ring (bicyclic) bond motifs is 2. The van der Waals surface area contributed by atoms with Crippen LogP contribution in [0.25, 0.3) is 44.3 Å². The van der Waals surface area contributed by atoms with Gasteiger partial charge in [0.2, 0.25) is 5.91 Å². The number of nitrogens with zero attached hydrogens (tertiary/aromatic N) is 3. The Morgan fingerprint density at radius 1 is 0.941 bits per heavy atom. The number of amides is 1. The van der Waals surface area contributed by atoms with E-state index < -0.39 is 0 Å². The zero-order valence-corrected chi connectivity index (χ0v) is 18.8. The van der Waals surface area contributed by atoms with E-state index in [1.165, 1.54) is 19.3 Å². The molecule has 3 N–H and O–H groups in total. The lowest BCUT2D eigenvalue weighted by atomic mass is 9.87. The summed E-state index contributed by atoms with van der Waals surface area (Å²) in [7, 11) is 0. The van der Waals surface area contributed by atoms with E-state index in [9.17, 15) is 4.79 Å². The minimum atomic E-state index is 0.0757. The Kier molecular flexibility index (Phi) is 5.30. The van der Waals surface area contributed by atoms with E-state index >= 15 is 0 Å². The van der Waals surface area contributed by atoms with E-state index in [1.54, 1.807) is 12.4 Å². The van der Waals surface area contributed by atoms with Crippen molar-refractivity contribution < 1.29 is 4.79 Å². The molecule has 4 aromatic heterocycles. The van der Waals surface area contributed by atoms with Gasteiger partial charge in [-0.15, -0.1) is 0 Å². The average Bonchev–Trinajstić information content (AvgIpc) is 3.48. The second-order valence-electron chi connectivity index (χ2n) is 9.20. The molecule has 0 radical (unpaired) electrons. The van der Waals surface area contributed by atoms with Gasteiger partial charge in [-0.2, -0.15) is 5.10 Å². The highest BCUT2D eigenvalue weighted by atomic mass is 16.1. The standard InChI is InChI=1S/C27H26N6O/c34-26(10-17-4-2-1-3-5-17)30-21-11-20(14-29-15-21)18-6-7-23-22(12-18)27(33-32-23)24-13-19-8-9-28-16-25(19)31-24/h6-9,11-17,31H,1-5,10H2,(H,30,34)(H,32,33). The van der Waals surface area contributed by atoms with Gasteiger partial charge in [-0.05, 0) is 54.7 Å². The molecular weight excluding hydrogens is 424 g/mol. The topological polar surface area (TPSA) is 99.3 Å². The van der Waals surface area contributed by atoms with E-state index in [-0.39, 0.29) is 5.91 Å². The summed E-state index contributed by atoms with van der Waals surface area (Å²) in [6.45, 7) is 0. The van der Waals surface area contributed by atoms with Crippen molar-refractivity contribution in [2.24, 2.45) is 5.92 Å². The molecule has 1 aliphatic carbocycles. The molecule has 0 unspecified atom stereocenters. The fourth-order valence-electron chi connectivity index (χ4n) is 5.03. The number of carbonyl (C=O) groups is 1. The number of nitrogens with one attached hydrogen (secondary N) is 3. The summed E-state index contributed by atoms with van der Waals surface area (Å²) in [6.07, 6.45) is 13.8. The smallest absolute Gasteiger partial charge is 0.224 e. The number of aromatic nitrogens is 5. The van der Waals surface area contributed by atoms with Gasteiger partial charge in [-0.1, -0.05) is 25.3 Å². The van der Waals surface area contributed by atoms with Gasteiger partial charge in [0.1, 0.15) is 5.69 Å². The van der Waals surface area contributed by atoms with Gasteiger partial charge in [0.05, 0.1) is 34.8 Å². The molecule has 0 aliphatic heterocycles.